The molecular formula is C21H35IN4O2. The predicted molar refractivity (Wildman–Crippen MR) is 126 cm³/mol. The van der Waals surface area contributed by atoms with Crippen LogP contribution in [0.4, 0.5) is 4.79 Å². The van der Waals surface area contributed by atoms with E-state index in [9.17, 15) is 4.79 Å². The molecule has 7 heteroatoms. The highest BCUT2D eigenvalue weighted by Crippen LogP contribution is 2.24. The third-order valence-corrected chi connectivity index (χ3v) is 5.16. The van der Waals surface area contributed by atoms with E-state index in [2.05, 4.69) is 55.3 Å². The monoisotopic (exact) mass is 502 g/mol. The number of benzene rings is 1. The Balaban J connectivity index is 0.00000392. The van der Waals surface area contributed by atoms with Gasteiger partial charge in [0.05, 0.1) is 13.2 Å². The molecule has 1 aromatic carbocycles. The van der Waals surface area contributed by atoms with Crippen LogP contribution in [0.25, 0.3) is 0 Å². The van der Waals surface area contributed by atoms with Crippen molar-refractivity contribution in [3.63, 3.8) is 0 Å². The van der Waals surface area contributed by atoms with E-state index in [1.54, 1.807) is 4.90 Å². The molecule has 0 saturated carbocycles. The van der Waals surface area contributed by atoms with Gasteiger partial charge in [-0.05, 0) is 37.3 Å². The topological polar surface area (TPSA) is 80.0 Å². The van der Waals surface area contributed by atoms with Gasteiger partial charge in [0.25, 0.3) is 0 Å². The molecule has 1 aliphatic rings. The highest BCUT2D eigenvalue weighted by Gasteiger charge is 2.24. The standard InChI is InChI=1S/C21H34N4O2.HI/c1-5-16-7-9-17(10-8-16)21(3,4)15-23-19(22)24-18-11-13-25(14-12-18)20(26)27-6-2;/h7-10,18H,5-6,11-15H2,1-4H3,(H3,22,23,24);1H. The van der Waals surface area contributed by atoms with Crippen LogP contribution in [-0.2, 0) is 16.6 Å². The number of halogens is 1. The molecule has 6 nitrogen and oxygen atoms in total. The molecule has 1 aliphatic heterocycles. The van der Waals surface area contributed by atoms with Crippen LogP contribution in [0, 0.1) is 0 Å². The van der Waals surface area contributed by atoms with Crippen LogP contribution in [0.1, 0.15) is 51.7 Å². The van der Waals surface area contributed by atoms with Gasteiger partial charge < -0.3 is 20.7 Å². The summed E-state index contributed by atoms with van der Waals surface area (Å²) in [6.45, 7) is 10.7. The molecule has 0 unspecified atom stereocenters. The maximum atomic E-state index is 11.7. The number of nitrogens with zero attached hydrogens (tertiary/aromatic N) is 2. The lowest BCUT2D eigenvalue weighted by molar-refractivity contribution is 0.0963. The van der Waals surface area contributed by atoms with Gasteiger partial charge in [-0.2, -0.15) is 0 Å². The third-order valence-electron chi connectivity index (χ3n) is 5.16. The molecule has 3 N–H and O–H groups in total. The number of piperidine rings is 1. The van der Waals surface area contributed by atoms with Gasteiger partial charge in [-0.3, -0.25) is 4.99 Å². The van der Waals surface area contributed by atoms with Gasteiger partial charge in [0.15, 0.2) is 5.96 Å². The number of ether oxygens (including phenoxy) is 1. The molecule has 2 rings (SSSR count). The summed E-state index contributed by atoms with van der Waals surface area (Å²) in [4.78, 5) is 18.1. The molecule has 0 bridgehead atoms. The minimum absolute atomic E-state index is 0. The van der Waals surface area contributed by atoms with Crippen molar-refractivity contribution in [1.82, 2.24) is 10.2 Å². The smallest absolute Gasteiger partial charge is 0.409 e. The molecule has 28 heavy (non-hydrogen) atoms. The Hall–Kier alpha value is -1.51. The first-order chi connectivity index (χ1) is 12.9. The number of rotatable bonds is 6. The second-order valence-electron chi connectivity index (χ2n) is 7.74. The number of amides is 1. The van der Waals surface area contributed by atoms with E-state index in [-0.39, 0.29) is 41.5 Å². The van der Waals surface area contributed by atoms with E-state index in [1.807, 2.05) is 6.92 Å². The van der Waals surface area contributed by atoms with Crippen molar-refractivity contribution < 1.29 is 9.53 Å². The Morgan fingerprint density at radius 1 is 1.25 bits per heavy atom. The van der Waals surface area contributed by atoms with E-state index in [0.29, 0.717) is 32.2 Å². The van der Waals surface area contributed by atoms with Gasteiger partial charge in [0.2, 0.25) is 0 Å². The molecule has 1 fully saturated rings. The van der Waals surface area contributed by atoms with E-state index < -0.39 is 0 Å². The molecular weight excluding hydrogens is 467 g/mol. The lowest BCUT2D eigenvalue weighted by Crippen LogP contribution is -2.48. The summed E-state index contributed by atoms with van der Waals surface area (Å²) < 4.78 is 5.05. The number of nitrogens with one attached hydrogen (secondary N) is 1. The van der Waals surface area contributed by atoms with Crippen LogP contribution >= 0.6 is 24.0 Å². The Morgan fingerprint density at radius 3 is 2.39 bits per heavy atom. The van der Waals surface area contributed by atoms with Crippen molar-refractivity contribution in [2.75, 3.05) is 26.2 Å². The first kappa shape index (κ1) is 24.5. The number of hydrogen-bond acceptors (Lipinski definition) is 3. The SMILES string of the molecule is CCOC(=O)N1CCC(NC(N)=NCC(C)(C)c2ccc(CC)cc2)CC1.I. The summed E-state index contributed by atoms with van der Waals surface area (Å²) in [6, 6.07) is 8.97. The number of carbonyl (C=O) groups is 1. The lowest BCUT2D eigenvalue weighted by Gasteiger charge is -2.32. The number of guanidine groups is 1. The second-order valence-corrected chi connectivity index (χ2v) is 7.74. The van der Waals surface area contributed by atoms with Crippen LogP contribution in [0.15, 0.2) is 29.3 Å². The highest BCUT2D eigenvalue weighted by molar-refractivity contribution is 14.0. The minimum atomic E-state index is -0.228. The number of likely N-dealkylation sites (tertiary alicyclic amines) is 1. The molecule has 1 heterocycles. The number of aliphatic imine (C=N–C) groups is 1. The normalized spacial score (nSPS) is 15.7. The molecule has 1 aromatic rings. The summed E-state index contributed by atoms with van der Waals surface area (Å²) in [5.74, 6) is 0.475. The van der Waals surface area contributed by atoms with E-state index in [1.165, 1.54) is 11.1 Å². The maximum absolute atomic E-state index is 11.7. The van der Waals surface area contributed by atoms with Gasteiger partial charge in [-0.1, -0.05) is 45.0 Å². The summed E-state index contributed by atoms with van der Waals surface area (Å²) in [7, 11) is 0. The zero-order valence-corrected chi connectivity index (χ0v) is 19.9. The molecule has 0 spiro atoms. The van der Waals surface area contributed by atoms with Gasteiger partial charge in [0, 0.05) is 24.5 Å². The molecule has 1 saturated heterocycles. The maximum Gasteiger partial charge on any atom is 0.409 e. The summed E-state index contributed by atoms with van der Waals surface area (Å²) >= 11 is 0. The van der Waals surface area contributed by atoms with Crippen molar-refractivity contribution in [2.45, 2.75) is 58.4 Å². The van der Waals surface area contributed by atoms with Crippen LogP contribution in [0.2, 0.25) is 0 Å². The first-order valence-electron chi connectivity index (χ1n) is 9.93. The minimum Gasteiger partial charge on any atom is -0.450 e. The summed E-state index contributed by atoms with van der Waals surface area (Å²) in [5, 5.41) is 3.30. The average Bonchev–Trinajstić information content (AvgIpc) is 2.67. The van der Waals surface area contributed by atoms with Crippen molar-refractivity contribution in [3.8, 4) is 0 Å². The molecule has 0 radical (unpaired) electrons. The van der Waals surface area contributed by atoms with Crippen molar-refractivity contribution in [2.24, 2.45) is 10.7 Å². The van der Waals surface area contributed by atoms with Crippen LogP contribution < -0.4 is 11.1 Å². The molecule has 1 amide bonds. The van der Waals surface area contributed by atoms with Crippen LogP contribution in [0.3, 0.4) is 0 Å². The fourth-order valence-corrected chi connectivity index (χ4v) is 3.24. The van der Waals surface area contributed by atoms with Crippen molar-refractivity contribution in [1.29, 1.82) is 0 Å². The zero-order valence-electron chi connectivity index (χ0n) is 17.5. The highest BCUT2D eigenvalue weighted by atomic mass is 127. The molecule has 0 atom stereocenters. The van der Waals surface area contributed by atoms with Gasteiger partial charge in [0.1, 0.15) is 0 Å². The number of hydrogen-bond donors (Lipinski definition) is 2. The fourth-order valence-electron chi connectivity index (χ4n) is 3.24. The van der Waals surface area contributed by atoms with Gasteiger partial charge in [-0.15, -0.1) is 24.0 Å². The van der Waals surface area contributed by atoms with Crippen molar-refractivity contribution in [3.05, 3.63) is 35.4 Å². The number of aryl methyl sites for hydroxylation is 1. The predicted octanol–water partition coefficient (Wildman–Crippen LogP) is 3.67. The Labute approximate surface area is 186 Å². The zero-order chi connectivity index (χ0) is 19.9. The summed E-state index contributed by atoms with van der Waals surface area (Å²) in [6.07, 6.45) is 2.51. The largest absolute Gasteiger partial charge is 0.450 e. The lowest BCUT2D eigenvalue weighted by atomic mass is 9.84. The number of carbonyl (C=O) groups excluding carboxylic acids is 1. The average molecular weight is 502 g/mol. The fraction of sp³-hybridized carbons (Fsp3) is 0.619. The van der Waals surface area contributed by atoms with Gasteiger partial charge >= 0.3 is 6.09 Å². The first-order valence-corrected chi connectivity index (χ1v) is 9.93. The molecule has 0 aliphatic carbocycles. The van der Waals surface area contributed by atoms with Crippen LogP contribution in [-0.4, -0.2) is 49.2 Å². The quantitative estimate of drug-likeness (QED) is 0.354. The van der Waals surface area contributed by atoms with E-state index >= 15 is 0 Å². The number of nitrogens with two attached hydrogens (primary N) is 1. The van der Waals surface area contributed by atoms with E-state index in [0.717, 1.165) is 19.3 Å². The van der Waals surface area contributed by atoms with Gasteiger partial charge in [-0.25, -0.2) is 4.79 Å². The summed E-state index contributed by atoms with van der Waals surface area (Å²) in [5.41, 5.74) is 8.64. The Bertz CT molecular complexity index is 638. The van der Waals surface area contributed by atoms with E-state index in [4.69, 9.17) is 10.5 Å². The Morgan fingerprint density at radius 2 is 1.86 bits per heavy atom. The van der Waals surface area contributed by atoms with Crippen molar-refractivity contribution >= 4 is 36.0 Å². The van der Waals surface area contributed by atoms with Crippen LogP contribution in [0.5, 0.6) is 0 Å². The molecule has 0 aromatic heterocycles. The second kappa shape index (κ2) is 11.5. The molecule has 158 valence electrons. The third kappa shape index (κ3) is 7.14. The Kier molecular flexibility index (Phi) is 10.1.